The molecule has 2 aliphatic heterocycles. The first kappa shape index (κ1) is 18.6. The molecule has 9 heteroatoms. The largest absolute Gasteiger partial charge is 0.382 e. The molecule has 2 aliphatic rings. The highest BCUT2D eigenvalue weighted by Crippen LogP contribution is 2.32. The summed E-state index contributed by atoms with van der Waals surface area (Å²) in [6, 6.07) is 0. The summed E-state index contributed by atoms with van der Waals surface area (Å²) in [6.07, 6.45) is 6.48. The summed E-state index contributed by atoms with van der Waals surface area (Å²) in [5.41, 5.74) is 18.9. The normalized spacial score (nSPS) is 22.3. The molecule has 8 nitrogen and oxygen atoms in total. The Kier molecular flexibility index (Phi) is 5.17. The van der Waals surface area contributed by atoms with Crippen molar-refractivity contribution < 1.29 is 0 Å². The molecule has 140 valence electrons. The number of nitrogens with one attached hydrogen (secondary N) is 2. The number of anilines is 2. The first-order valence-corrected chi connectivity index (χ1v) is 8.97. The van der Waals surface area contributed by atoms with Gasteiger partial charge in [-0.15, -0.1) is 0 Å². The van der Waals surface area contributed by atoms with Gasteiger partial charge in [-0.2, -0.15) is 0 Å². The Hall–Kier alpha value is -2.16. The maximum absolute atomic E-state index is 8.39. The minimum absolute atomic E-state index is 0.106. The predicted octanol–water partition coefficient (Wildman–Crippen LogP) is 0.886. The number of dihydropyridines is 1. The molecular weight excluding hydrogens is 352 g/mol. The second-order valence-electron chi connectivity index (χ2n) is 7.10. The summed E-state index contributed by atoms with van der Waals surface area (Å²) < 4.78 is 0. The van der Waals surface area contributed by atoms with Crippen LogP contribution in [0.5, 0.6) is 0 Å². The van der Waals surface area contributed by atoms with Gasteiger partial charge in [-0.05, 0) is 30.9 Å². The van der Waals surface area contributed by atoms with Gasteiger partial charge in [0.25, 0.3) is 0 Å². The van der Waals surface area contributed by atoms with Gasteiger partial charge in [-0.1, -0.05) is 18.5 Å². The van der Waals surface area contributed by atoms with E-state index < -0.39 is 6.17 Å². The lowest BCUT2D eigenvalue weighted by molar-refractivity contribution is 0.258. The molecule has 1 aromatic rings. The van der Waals surface area contributed by atoms with Crippen LogP contribution in [0.2, 0.25) is 0 Å². The van der Waals surface area contributed by atoms with Crippen molar-refractivity contribution in [3.8, 4) is 0 Å². The van der Waals surface area contributed by atoms with Gasteiger partial charge < -0.3 is 27.4 Å². The van der Waals surface area contributed by atoms with Gasteiger partial charge >= 0.3 is 0 Å². The molecule has 26 heavy (non-hydrogen) atoms. The molecule has 3 rings (SSSR count). The molecule has 0 aliphatic carbocycles. The first-order valence-electron chi connectivity index (χ1n) is 8.59. The highest BCUT2D eigenvalue weighted by molar-refractivity contribution is 6.37. The number of aromatic nitrogens is 2. The van der Waals surface area contributed by atoms with Crippen LogP contribution in [0.4, 0.5) is 11.6 Å². The van der Waals surface area contributed by atoms with Gasteiger partial charge in [0.1, 0.15) is 11.5 Å². The zero-order chi connectivity index (χ0) is 18.9. The second kappa shape index (κ2) is 7.22. The van der Waals surface area contributed by atoms with Crippen LogP contribution in [-0.4, -0.2) is 41.5 Å². The van der Waals surface area contributed by atoms with Crippen LogP contribution in [0.25, 0.3) is 0 Å². The number of halogens is 1. The van der Waals surface area contributed by atoms with Crippen molar-refractivity contribution in [1.29, 1.82) is 5.41 Å². The maximum Gasteiger partial charge on any atom is 0.154 e. The number of piperidine rings is 1. The van der Waals surface area contributed by atoms with E-state index in [4.69, 9.17) is 34.2 Å². The number of hydrogen-bond donors (Lipinski definition) is 5. The third-order valence-corrected chi connectivity index (χ3v) is 5.40. The van der Waals surface area contributed by atoms with E-state index >= 15 is 0 Å². The van der Waals surface area contributed by atoms with Gasteiger partial charge in [0.05, 0.1) is 23.1 Å². The first-order chi connectivity index (χ1) is 12.3. The number of nitrogen functional groups attached to an aromatic ring is 1. The Balaban J connectivity index is 1.78. The van der Waals surface area contributed by atoms with Crippen LogP contribution in [0.1, 0.15) is 25.5 Å². The lowest BCUT2D eigenvalue weighted by atomic mass is 9.80. The summed E-state index contributed by atoms with van der Waals surface area (Å²) in [4.78, 5) is 11.0. The highest BCUT2D eigenvalue weighted by Gasteiger charge is 2.29. The topological polar surface area (TPSA) is 143 Å². The molecule has 0 radical (unpaired) electrons. The van der Waals surface area contributed by atoms with E-state index in [0.29, 0.717) is 22.8 Å². The maximum atomic E-state index is 8.39. The van der Waals surface area contributed by atoms with Gasteiger partial charge in [0.2, 0.25) is 0 Å². The van der Waals surface area contributed by atoms with E-state index in [9.17, 15) is 0 Å². The number of hydrogen-bond acceptors (Lipinski definition) is 8. The Bertz CT molecular complexity index is 764. The molecule has 1 aromatic heterocycles. The quantitative estimate of drug-likeness (QED) is 0.491. The summed E-state index contributed by atoms with van der Waals surface area (Å²) in [6.45, 7) is 4.62. The van der Waals surface area contributed by atoms with Crippen molar-refractivity contribution in [2.45, 2.75) is 25.9 Å². The standard InChI is InChI=1S/C17H25ClN8/c1-17(9-19)2-4-26(5-3-17)13-8-24-15(16(22)25-13)14(21)10-6-12(20)23-7-11(10)18/h6-8,12,21,23H,2-5,9,19-20H2,1H3,(H2,22,25). The molecule has 0 bridgehead atoms. The Morgan fingerprint density at radius 3 is 2.77 bits per heavy atom. The third kappa shape index (κ3) is 3.67. The number of nitrogens with zero attached hydrogens (tertiary/aromatic N) is 3. The van der Waals surface area contributed by atoms with Crippen molar-refractivity contribution in [1.82, 2.24) is 15.3 Å². The second-order valence-corrected chi connectivity index (χ2v) is 7.51. The average molecular weight is 377 g/mol. The van der Waals surface area contributed by atoms with Gasteiger partial charge in [0, 0.05) is 24.9 Å². The fourth-order valence-electron chi connectivity index (χ4n) is 3.10. The average Bonchev–Trinajstić information content (AvgIpc) is 2.64. The van der Waals surface area contributed by atoms with Crippen molar-refractivity contribution >= 4 is 28.9 Å². The van der Waals surface area contributed by atoms with E-state index in [1.54, 1.807) is 18.5 Å². The summed E-state index contributed by atoms with van der Waals surface area (Å²) in [5.74, 6) is 0.924. The summed E-state index contributed by atoms with van der Waals surface area (Å²) in [7, 11) is 0. The van der Waals surface area contributed by atoms with Crippen LogP contribution in [0.15, 0.2) is 29.1 Å². The van der Waals surface area contributed by atoms with Crippen molar-refractivity contribution in [3.05, 3.63) is 34.8 Å². The Morgan fingerprint density at radius 2 is 2.15 bits per heavy atom. The highest BCUT2D eigenvalue weighted by atomic mass is 35.5. The van der Waals surface area contributed by atoms with E-state index in [-0.39, 0.29) is 16.9 Å². The zero-order valence-electron chi connectivity index (χ0n) is 14.8. The van der Waals surface area contributed by atoms with E-state index in [1.165, 1.54) is 0 Å². The van der Waals surface area contributed by atoms with E-state index in [2.05, 4.69) is 27.1 Å². The molecule has 0 aromatic carbocycles. The Labute approximate surface area is 158 Å². The van der Waals surface area contributed by atoms with Crippen LogP contribution in [0.3, 0.4) is 0 Å². The third-order valence-electron chi connectivity index (χ3n) is 5.09. The number of allylic oxidation sites excluding steroid dienone is 2. The fraction of sp³-hybridized carbons (Fsp3) is 0.471. The minimum atomic E-state index is -0.411. The summed E-state index contributed by atoms with van der Waals surface area (Å²) >= 11 is 6.17. The van der Waals surface area contributed by atoms with Gasteiger partial charge in [-0.25, -0.2) is 9.97 Å². The lowest BCUT2D eigenvalue weighted by Crippen LogP contribution is -2.42. The van der Waals surface area contributed by atoms with Crippen molar-refractivity contribution in [2.24, 2.45) is 16.9 Å². The zero-order valence-corrected chi connectivity index (χ0v) is 15.6. The molecule has 1 fully saturated rings. The molecule has 0 amide bonds. The molecule has 1 saturated heterocycles. The van der Waals surface area contributed by atoms with Crippen LogP contribution < -0.4 is 27.4 Å². The fourth-order valence-corrected chi connectivity index (χ4v) is 3.32. The van der Waals surface area contributed by atoms with Crippen LogP contribution in [-0.2, 0) is 0 Å². The molecular formula is C17H25ClN8. The predicted molar refractivity (Wildman–Crippen MR) is 105 cm³/mol. The molecule has 1 unspecified atom stereocenters. The SMILES string of the molecule is CC1(CN)CCN(c2cnc(C(=N)C3=CC(N)NC=C3Cl)c(N)n2)CC1. The molecule has 0 saturated carbocycles. The number of rotatable bonds is 4. The van der Waals surface area contributed by atoms with Crippen molar-refractivity contribution in [3.63, 3.8) is 0 Å². The monoisotopic (exact) mass is 376 g/mol. The lowest BCUT2D eigenvalue weighted by Gasteiger charge is -2.39. The minimum Gasteiger partial charge on any atom is -0.382 e. The van der Waals surface area contributed by atoms with Gasteiger partial charge in [-0.3, -0.25) is 5.41 Å². The molecule has 0 spiro atoms. The Morgan fingerprint density at radius 1 is 1.46 bits per heavy atom. The summed E-state index contributed by atoms with van der Waals surface area (Å²) in [5, 5.41) is 11.7. The van der Waals surface area contributed by atoms with Crippen LogP contribution in [0, 0.1) is 10.8 Å². The molecule has 8 N–H and O–H groups in total. The van der Waals surface area contributed by atoms with E-state index in [0.717, 1.165) is 31.7 Å². The van der Waals surface area contributed by atoms with E-state index in [1.807, 2.05) is 0 Å². The van der Waals surface area contributed by atoms with Crippen LogP contribution >= 0.6 is 11.6 Å². The van der Waals surface area contributed by atoms with Gasteiger partial charge in [0.15, 0.2) is 5.82 Å². The molecule has 3 heterocycles. The molecule has 1 atom stereocenters. The van der Waals surface area contributed by atoms with Crippen molar-refractivity contribution in [2.75, 3.05) is 30.3 Å². The smallest absolute Gasteiger partial charge is 0.154 e. The number of nitrogens with two attached hydrogens (primary N) is 3.